The first-order chi connectivity index (χ1) is 17.4. The van der Waals surface area contributed by atoms with Gasteiger partial charge in [-0.3, -0.25) is 4.79 Å². The first-order valence-corrected chi connectivity index (χ1v) is 11.8. The summed E-state index contributed by atoms with van der Waals surface area (Å²) in [6.07, 6.45) is 0. The summed E-state index contributed by atoms with van der Waals surface area (Å²) < 4.78 is 21.7. The highest BCUT2D eigenvalue weighted by molar-refractivity contribution is 6.30. The van der Waals surface area contributed by atoms with Gasteiger partial charge in [0.25, 0.3) is 0 Å². The van der Waals surface area contributed by atoms with Crippen LogP contribution in [0.15, 0.2) is 59.0 Å². The zero-order valence-corrected chi connectivity index (χ0v) is 20.9. The van der Waals surface area contributed by atoms with Crippen LogP contribution in [0, 0.1) is 6.92 Å². The molecule has 1 aromatic heterocycles. The van der Waals surface area contributed by atoms with Crippen molar-refractivity contribution < 1.29 is 28.2 Å². The minimum absolute atomic E-state index is 0.153. The third-order valence-electron chi connectivity index (χ3n) is 5.56. The molecule has 0 aliphatic carbocycles. The molecule has 3 amide bonds. The van der Waals surface area contributed by atoms with E-state index in [1.54, 1.807) is 36.3 Å². The van der Waals surface area contributed by atoms with Crippen molar-refractivity contribution in [2.75, 3.05) is 38.9 Å². The molecule has 10 heteroatoms. The second-order valence-electron chi connectivity index (χ2n) is 8.30. The maximum atomic E-state index is 13.5. The summed E-state index contributed by atoms with van der Waals surface area (Å²) in [5.74, 6) is 2.45. The summed E-state index contributed by atoms with van der Waals surface area (Å²) in [4.78, 5) is 29.6. The number of hydrogen-bond donors (Lipinski definition) is 1. The standard InChI is InChI=1S/C26H28ClN3O6/c1-18-6-8-22(36-18)15-30(14-19-7-9-23-24(12-19)35-17-34-23)25(31)16-29(10-11-33-2)26(32)28-21-5-3-4-20(27)13-21/h3-9,12-13H,10-11,14-17H2,1-2H3,(H,28,32). The Morgan fingerprint density at radius 2 is 1.86 bits per heavy atom. The highest BCUT2D eigenvalue weighted by atomic mass is 35.5. The maximum absolute atomic E-state index is 13.5. The van der Waals surface area contributed by atoms with E-state index >= 15 is 0 Å². The average Bonchev–Trinajstić information content (AvgIpc) is 3.49. The van der Waals surface area contributed by atoms with Gasteiger partial charge >= 0.3 is 6.03 Å². The first kappa shape index (κ1) is 25.4. The van der Waals surface area contributed by atoms with Crippen molar-refractivity contribution in [2.45, 2.75) is 20.0 Å². The number of benzene rings is 2. The van der Waals surface area contributed by atoms with E-state index in [1.807, 2.05) is 37.3 Å². The van der Waals surface area contributed by atoms with E-state index in [4.69, 9.17) is 30.2 Å². The van der Waals surface area contributed by atoms with Gasteiger partial charge in [-0.25, -0.2) is 4.79 Å². The fourth-order valence-corrected chi connectivity index (χ4v) is 3.93. The van der Waals surface area contributed by atoms with Crippen LogP contribution in [0.25, 0.3) is 0 Å². The van der Waals surface area contributed by atoms with Gasteiger partial charge in [-0.1, -0.05) is 23.7 Å². The van der Waals surface area contributed by atoms with Crippen molar-refractivity contribution in [2.24, 2.45) is 0 Å². The SMILES string of the molecule is COCCN(CC(=O)N(Cc1ccc2c(c1)OCO2)Cc1ccc(C)o1)C(=O)Nc1cccc(Cl)c1. The van der Waals surface area contributed by atoms with Crippen molar-refractivity contribution in [3.63, 3.8) is 0 Å². The number of hydrogen-bond acceptors (Lipinski definition) is 6. The van der Waals surface area contributed by atoms with E-state index in [9.17, 15) is 9.59 Å². The molecule has 0 fully saturated rings. The molecule has 1 aliphatic heterocycles. The fraction of sp³-hybridized carbons (Fsp3) is 0.308. The van der Waals surface area contributed by atoms with Crippen LogP contribution >= 0.6 is 11.6 Å². The Kier molecular flexibility index (Phi) is 8.35. The summed E-state index contributed by atoms with van der Waals surface area (Å²) >= 11 is 6.04. The van der Waals surface area contributed by atoms with E-state index in [1.165, 1.54) is 4.90 Å². The van der Waals surface area contributed by atoms with E-state index in [0.29, 0.717) is 34.5 Å². The number of amides is 3. The minimum Gasteiger partial charge on any atom is -0.464 e. The maximum Gasteiger partial charge on any atom is 0.322 e. The number of fused-ring (bicyclic) bond motifs is 1. The summed E-state index contributed by atoms with van der Waals surface area (Å²) in [5.41, 5.74) is 1.40. The number of nitrogens with one attached hydrogen (secondary N) is 1. The van der Waals surface area contributed by atoms with E-state index < -0.39 is 6.03 Å². The number of rotatable bonds is 10. The number of aryl methyl sites for hydroxylation is 1. The summed E-state index contributed by atoms with van der Waals surface area (Å²) in [7, 11) is 1.54. The topological polar surface area (TPSA) is 93.5 Å². The smallest absolute Gasteiger partial charge is 0.322 e. The number of methoxy groups -OCH3 is 1. The molecule has 36 heavy (non-hydrogen) atoms. The van der Waals surface area contributed by atoms with Crippen LogP contribution in [0.3, 0.4) is 0 Å². The number of halogens is 1. The van der Waals surface area contributed by atoms with Gasteiger partial charge < -0.3 is 33.7 Å². The predicted molar refractivity (Wildman–Crippen MR) is 134 cm³/mol. The van der Waals surface area contributed by atoms with Crippen molar-refractivity contribution in [3.8, 4) is 11.5 Å². The van der Waals surface area contributed by atoms with Gasteiger partial charge in [-0.2, -0.15) is 0 Å². The van der Waals surface area contributed by atoms with Crippen molar-refractivity contribution in [1.82, 2.24) is 9.80 Å². The second kappa shape index (κ2) is 11.8. The summed E-state index contributed by atoms with van der Waals surface area (Å²) in [5, 5.41) is 3.29. The molecule has 190 valence electrons. The van der Waals surface area contributed by atoms with Gasteiger partial charge in [-0.05, 0) is 55.0 Å². The quantitative estimate of drug-likeness (QED) is 0.423. The Hall–Kier alpha value is -3.69. The Bertz CT molecular complexity index is 1210. The van der Waals surface area contributed by atoms with Crippen molar-refractivity contribution >= 4 is 29.2 Å². The Labute approximate surface area is 214 Å². The van der Waals surface area contributed by atoms with Gasteiger partial charge in [0.05, 0.1) is 13.2 Å². The molecular formula is C26H28ClN3O6. The number of nitrogens with zero attached hydrogens (tertiary/aromatic N) is 2. The van der Waals surface area contributed by atoms with E-state index in [-0.39, 0.29) is 38.9 Å². The van der Waals surface area contributed by atoms with Crippen LogP contribution in [0.4, 0.5) is 10.5 Å². The van der Waals surface area contributed by atoms with Crippen LogP contribution in [0.2, 0.25) is 5.02 Å². The highest BCUT2D eigenvalue weighted by Gasteiger charge is 2.24. The molecule has 0 atom stereocenters. The van der Waals surface area contributed by atoms with Crippen LogP contribution < -0.4 is 14.8 Å². The van der Waals surface area contributed by atoms with Gasteiger partial charge in [0, 0.05) is 30.9 Å². The van der Waals surface area contributed by atoms with Crippen LogP contribution in [-0.2, 0) is 22.6 Å². The highest BCUT2D eigenvalue weighted by Crippen LogP contribution is 2.33. The van der Waals surface area contributed by atoms with E-state index in [2.05, 4.69) is 5.32 Å². The molecule has 4 rings (SSSR count). The molecular weight excluding hydrogens is 486 g/mol. The molecule has 1 aliphatic rings. The number of furan rings is 1. The number of anilines is 1. The molecule has 3 aromatic rings. The fourth-order valence-electron chi connectivity index (χ4n) is 3.74. The second-order valence-corrected chi connectivity index (χ2v) is 8.74. The predicted octanol–water partition coefficient (Wildman–Crippen LogP) is 4.68. The largest absolute Gasteiger partial charge is 0.464 e. The molecule has 0 spiro atoms. The molecule has 0 saturated carbocycles. The lowest BCUT2D eigenvalue weighted by molar-refractivity contribution is -0.133. The Morgan fingerprint density at radius 3 is 2.61 bits per heavy atom. The molecule has 0 radical (unpaired) electrons. The number of carbonyl (C=O) groups is 2. The monoisotopic (exact) mass is 513 g/mol. The zero-order chi connectivity index (χ0) is 25.5. The van der Waals surface area contributed by atoms with Crippen molar-refractivity contribution in [1.29, 1.82) is 0 Å². The lowest BCUT2D eigenvalue weighted by Gasteiger charge is -2.27. The first-order valence-electron chi connectivity index (χ1n) is 11.4. The number of carbonyl (C=O) groups excluding carboxylic acids is 2. The van der Waals surface area contributed by atoms with Crippen LogP contribution in [-0.4, -0.2) is 55.3 Å². The summed E-state index contributed by atoms with van der Waals surface area (Å²) in [6.45, 7) is 2.91. The lowest BCUT2D eigenvalue weighted by Crippen LogP contribution is -2.45. The Balaban J connectivity index is 1.51. The molecule has 9 nitrogen and oxygen atoms in total. The molecule has 2 heterocycles. The number of ether oxygens (including phenoxy) is 3. The minimum atomic E-state index is -0.431. The van der Waals surface area contributed by atoms with Crippen LogP contribution in [0.5, 0.6) is 11.5 Å². The van der Waals surface area contributed by atoms with Gasteiger partial charge in [-0.15, -0.1) is 0 Å². The molecule has 0 unspecified atom stereocenters. The van der Waals surface area contributed by atoms with Gasteiger partial charge in [0.2, 0.25) is 12.7 Å². The third kappa shape index (κ3) is 6.71. The van der Waals surface area contributed by atoms with Crippen molar-refractivity contribution in [3.05, 3.63) is 76.7 Å². The number of urea groups is 1. The zero-order valence-electron chi connectivity index (χ0n) is 20.2. The van der Waals surface area contributed by atoms with E-state index in [0.717, 1.165) is 11.3 Å². The molecule has 0 saturated heterocycles. The lowest BCUT2D eigenvalue weighted by atomic mass is 10.2. The van der Waals surface area contributed by atoms with Crippen LogP contribution in [0.1, 0.15) is 17.1 Å². The average molecular weight is 514 g/mol. The molecule has 0 bridgehead atoms. The molecule has 1 N–H and O–H groups in total. The Morgan fingerprint density at radius 1 is 1.03 bits per heavy atom. The van der Waals surface area contributed by atoms with Gasteiger partial charge in [0.1, 0.15) is 18.1 Å². The third-order valence-corrected chi connectivity index (χ3v) is 5.80. The summed E-state index contributed by atoms with van der Waals surface area (Å²) in [6, 6.07) is 15.6. The molecule has 2 aromatic carbocycles. The normalized spacial score (nSPS) is 11.9. The van der Waals surface area contributed by atoms with Gasteiger partial charge in [0.15, 0.2) is 11.5 Å².